The lowest BCUT2D eigenvalue weighted by molar-refractivity contribution is -0.147. The number of hydrogen-bond donors (Lipinski definition) is 1. The van der Waals surface area contributed by atoms with E-state index in [1.54, 1.807) is 0 Å². The number of nitrogens with one attached hydrogen (secondary N) is 1. The summed E-state index contributed by atoms with van der Waals surface area (Å²) in [6.45, 7) is 5.04. The fourth-order valence-corrected chi connectivity index (χ4v) is 2.20. The molecule has 1 fully saturated rings. The average Bonchev–Trinajstić information content (AvgIpc) is 2.85. The van der Waals surface area contributed by atoms with Crippen molar-refractivity contribution in [3.05, 3.63) is 35.9 Å². The molecule has 1 aliphatic heterocycles. The van der Waals surface area contributed by atoms with Gasteiger partial charge in [-0.25, -0.2) is 0 Å². The van der Waals surface area contributed by atoms with Gasteiger partial charge in [-0.3, -0.25) is 4.79 Å². The third-order valence-electron chi connectivity index (χ3n) is 3.06. The molecular weight excluding hydrogens is 242 g/mol. The van der Waals surface area contributed by atoms with Crippen LogP contribution in [0, 0.1) is 0 Å². The van der Waals surface area contributed by atoms with Crippen LogP contribution in [0.2, 0.25) is 0 Å². The van der Waals surface area contributed by atoms with Gasteiger partial charge in [0.25, 0.3) is 0 Å². The topological polar surface area (TPSA) is 47.6 Å². The lowest BCUT2D eigenvalue weighted by Crippen LogP contribution is -2.32. The number of rotatable bonds is 5. The Labute approximate surface area is 114 Å². The first kappa shape index (κ1) is 14.0. The Balaban J connectivity index is 1.75. The van der Waals surface area contributed by atoms with E-state index in [1.807, 2.05) is 44.2 Å². The van der Waals surface area contributed by atoms with E-state index in [0.29, 0.717) is 19.6 Å². The van der Waals surface area contributed by atoms with Gasteiger partial charge in [-0.15, -0.1) is 0 Å². The smallest absolute Gasteiger partial charge is 0.323 e. The summed E-state index contributed by atoms with van der Waals surface area (Å²) in [5.41, 5.74) is 1.00. The highest BCUT2D eigenvalue weighted by molar-refractivity contribution is 5.76. The molecule has 1 N–H and O–H groups in total. The molecule has 2 atom stereocenters. The summed E-state index contributed by atoms with van der Waals surface area (Å²) in [4.78, 5) is 11.9. The Hall–Kier alpha value is -1.39. The second-order valence-electron chi connectivity index (χ2n) is 5.10. The van der Waals surface area contributed by atoms with Crippen LogP contribution in [-0.4, -0.2) is 30.8 Å². The van der Waals surface area contributed by atoms with Crippen molar-refractivity contribution in [1.29, 1.82) is 0 Å². The highest BCUT2D eigenvalue weighted by atomic mass is 16.5. The number of benzene rings is 1. The molecule has 2 rings (SSSR count). The van der Waals surface area contributed by atoms with E-state index < -0.39 is 0 Å². The van der Waals surface area contributed by atoms with Crippen molar-refractivity contribution < 1.29 is 14.3 Å². The molecular formula is C15H21NO3. The van der Waals surface area contributed by atoms with Gasteiger partial charge in [0.1, 0.15) is 12.6 Å². The SMILES string of the molecule is CC(C)O[C@H]1CN[C@H](C(=O)OCc2ccccc2)C1. The quantitative estimate of drug-likeness (QED) is 0.824. The van der Waals surface area contributed by atoms with Gasteiger partial charge >= 0.3 is 5.97 Å². The number of ether oxygens (including phenoxy) is 2. The van der Waals surface area contributed by atoms with Gasteiger partial charge in [-0.1, -0.05) is 30.3 Å². The average molecular weight is 263 g/mol. The van der Waals surface area contributed by atoms with Crippen LogP contribution in [-0.2, 0) is 20.9 Å². The molecule has 19 heavy (non-hydrogen) atoms. The summed E-state index contributed by atoms with van der Waals surface area (Å²) in [7, 11) is 0. The van der Waals surface area contributed by atoms with Crippen molar-refractivity contribution in [2.24, 2.45) is 0 Å². The normalized spacial score (nSPS) is 22.7. The van der Waals surface area contributed by atoms with Crippen LogP contribution in [0.15, 0.2) is 30.3 Å². The molecule has 0 aliphatic carbocycles. The van der Waals surface area contributed by atoms with E-state index in [2.05, 4.69) is 5.32 Å². The first-order valence-corrected chi connectivity index (χ1v) is 6.74. The number of hydrogen-bond acceptors (Lipinski definition) is 4. The highest BCUT2D eigenvalue weighted by Crippen LogP contribution is 2.14. The summed E-state index contributed by atoms with van der Waals surface area (Å²) >= 11 is 0. The van der Waals surface area contributed by atoms with Crippen LogP contribution in [0.5, 0.6) is 0 Å². The Kier molecular flexibility index (Phi) is 4.93. The molecule has 0 spiro atoms. The predicted octanol–water partition coefficient (Wildman–Crippen LogP) is 1.89. The lowest BCUT2D eigenvalue weighted by Gasteiger charge is -2.14. The van der Waals surface area contributed by atoms with E-state index in [9.17, 15) is 4.79 Å². The van der Waals surface area contributed by atoms with E-state index in [1.165, 1.54) is 0 Å². The van der Waals surface area contributed by atoms with Crippen molar-refractivity contribution in [3.8, 4) is 0 Å². The van der Waals surface area contributed by atoms with Crippen molar-refractivity contribution in [3.63, 3.8) is 0 Å². The maximum atomic E-state index is 11.9. The largest absolute Gasteiger partial charge is 0.460 e. The van der Waals surface area contributed by atoms with Gasteiger partial charge < -0.3 is 14.8 Å². The minimum atomic E-state index is -0.243. The van der Waals surface area contributed by atoms with Gasteiger partial charge in [-0.05, 0) is 19.4 Å². The summed E-state index contributed by atoms with van der Waals surface area (Å²) in [6, 6.07) is 9.46. The van der Waals surface area contributed by atoms with E-state index in [-0.39, 0.29) is 24.2 Å². The molecule has 1 aromatic carbocycles. The van der Waals surface area contributed by atoms with Gasteiger partial charge in [0.2, 0.25) is 0 Å². The fraction of sp³-hybridized carbons (Fsp3) is 0.533. The number of esters is 1. The zero-order chi connectivity index (χ0) is 13.7. The second kappa shape index (κ2) is 6.68. The molecule has 0 aromatic heterocycles. The second-order valence-corrected chi connectivity index (χ2v) is 5.10. The number of carbonyl (C=O) groups is 1. The van der Waals surface area contributed by atoms with E-state index in [0.717, 1.165) is 5.56 Å². The lowest BCUT2D eigenvalue weighted by atomic mass is 10.2. The van der Waals surface area contributed by atoms with Crippen LogP contribution in [0.25, 0.3) is 0 Å². The maximum Gasteiger partial charge on any atom is 0.323 e. The molecule has 0 bridgehead atoms. The van der Waals surface area contributed by atoms with Crippen molar-refractivity contribution >= 4 is 5.97 Å². The molecule has 1 aliphatic rings. The van der Waals surface area contributed by atoms with Gasteiger partial charge in [-0.2, -0.15) is 0 Å². The maximum absolute atomic E-state index is 11.9. The van der Waals surface area contributed by atoms with Crippen LogP contribution < -0.4 is 5.32 Å². The molecule has 4 heteroatoms. The van der Waals surface area contributed by atoms with Crippen LogP contribution in [0.3, 0.4) is 0 Å². The Bertz CT molecular complexity index is 405. The zero-order valence-corrected chi connectivity index (χ0v) is 11.5. The van der Waals surface area contributed by atoms with Crippen molar-refractivity contribution in [2.75, 3.05) is 6.54 Å². The molecule has 1 aromatic rings. The van der Waals surface area contributed by atoms with Gasteiger partial charge in [0, 0.05) is 13.0 Å². The minimum absolute atomic E-state index is 0.106. The summed E-state index contributed by atoms with van der Waals surface area (Å²) in [5.74, 6) is -0.196. The molecule has 0 radical (unpaired) electrons. The van der Waals surface area contributed by atoms with Crippen molar-refractivity contribution in [1.82, 2.24) is 5.32 Å². The molecule has 0 saturated carbocycles. The Morgan fingerprint density at radius 1 is 1.37 bits per heavy atom. The Morgan fingerprint density at radius 3 is 2.79 bits per heavy atom. The molecule has 0 unspecified atom stereocenters. The standard InChI is InChI=1S/C15H21NO3/c1-11(2)19-13-8-14(16-9-13)15(17)18-10-12-6-4-3-5-7-12/h3-7,11,13-14,16H,8-10H2,1-2H3/t13-,14+/m1/s1. The first-order chi connectivity index (χ1) is 9.15. The zero-order valence-electron chi connectivity index (χ0n) is 11.5. The van der Waals surface area contributed by atoms with Crippen LogP contribution in [0.1, 0.15) is 25.8 Å². The van der Waals surface area contributed by atoms with Crippen LogP contribution >= 0.6 is 0 Å². The van der Waals surface area contributed by atoms with Gasteiger partial charge in [0.05, 0.1) is 12.2 Å². The summed E-state index contributed by atoms with van der Waals surface area (Å²) in [5, 5.41) is 3.15. The molecule has 104 valence electrons. The van der Waals surface area contributed by atoms with Crippen LogP contribution in [0.4, 0.5) is 0 Å². The highest BCUT2D eigenvalue weighted by Gasteiger charge is 2.31. The summed E-state index contributed by atoms with van der Waals surface area (Å²) < 4.78 is 11.0. The Morgan fingerprint density at radius 2 is 2.11 bits per heavy atom. The molecule has 4 nitrogen and oxygen atoms in total. The third kappa shape index (κ3) is 4.33. The molecule has 1 heterocycles. The van der Waals surface area contributed by atoms with E-state index in [4.69, 9.17) is 9.47 Å². The summed E-state index contributed by atoms with van der Waals surface area (Å²) in [6.07, 6.45) is 0.978. The minimum Gasteiger partial charge on any atom is -0.460 e. The van der Waals surface area contributed by atoms with E-state index >= 15 is 0 Å². The predicted molar refractivity (Wildman–Crippen MR) is 72.7 cm³/mol. The molecule has 1 saturated heterocycles. The molecule has 0 amide bonds. The number of carbonyl (C=O) groups excluding carboxylic acids is 1. The van der Waals surface area contributed by atoms with Gasteiger partial charge in [0.15, 0.2) is 0 Å². The fourth-order valence-electron chi connectivity index (χ4n) is 2.20. The monoisotopic (exact) mass is 263 g/mol. The van der Waals surface area contributed by atoms with Crippen molar-refractivity contribution in [2.45, 2.75) is 45.1 Å². The first-order valence-electron chi connectivity index (χ1n) is 6.74. The third-order valence-corrected chi connectivity index (χ3v) is 3.06.